The van der Waals surface area contributed by atoms with E-state index in [4.69, 9.17) is 11.1 Å². The van der Waals surface area contributed by atoms with Crippen molar-refractivity contribution in [2.45, 2.75) is 89.8 Å². The van der Waals surface area contributed by atoms with Gasteiger partial charge in [-0.2, -0.15) is 0 Å². The third-order valence-electron chi connectivity index (χ3n) is 5.67. The molecule has 0 aromatic rings. The molecular formula is C20H36BI2N4O. The zero-order valence-electron chi connectivity index (χ0n) is 17.4. The minimum atomic E-state index is -0.0222. The summed E-state index contributed by atoms with van der Waals surface area (Å²) in [6.07, 6.45) is 17.1. The molecule has 1 aliphatic rings. The molecule has 1 radical (unpaired) electrons. The first kappa shape index (κ1) is 26.0. The highest BCUT2D eigenvalue weighted by molar-refractivity contribution is 14.1. The van der Waals surface area contributed by atoms with Crippen LogP contribution in [0.4, 0.5) is 0 Å². The van der Waals surface area contributed by atoms with Crippen LogP contribution in [0.25, 0.3) is 0 Å². The quantitative estimate of drug-likeness (QED) is 0.0793. The van der Waals surface area contributed by atoms with Crippen molar-refractivity contribution in [2.75, 3.05) is 6.54 Å². The van der Waals surface area contributed by atoms with Crippen LogP contribution < -0.4 is 5.73 Å². The van der Waals surface area contributed by atoms with Crippen LogP contribution in [0, 0.1) is 11.3 Å². The Hall–Kier alpha value is 0.00494. The zero-order valence-corrected chi connectivity index (χ0v) is 21.7. The highest BCUT2D eigenvalue weighted by atomic mass is 127. The topological polar surface area (TPSA) is 73.4 Å². The van der Waals surface area contributed by atoms with Gasteiger partial charge in [-0.05, 0) is 37.9 Å². The van der Waals surface area contributed by atoms with Crippen molar-refractivity contribution in [1.29, 1.82) is 5.41 Å². The van der Waals surface area contributed by atoms with Crippen molar-refractivity contribution >= 4 is 65.0 Å². The van der Waals surface area contributed by atoms with Crippen LogP contribution in [0.15, 0.2) is 12.2 Å². The van der Waals surface area contributed by atoms with Gasteiger partial charge in [-0.15, -0.1) is 0 Å². The summed E-state index contributed by atoms with van der Waals surface area (Å²) in [6, 6.07) is 0. The van der Waals surface area contributed by atoms with Crippen LogP contribution in [0.3, 0.4) is 0 Å². The lowest BCUT2D eigenvalue weighted by atomic mass is 9.52. The second-order valence-corrected chi connectivity index (χ2v) is 10.2. The van der Waals surface area contributed by atoms with E-state index in [2.05, 4.69) is 49.4 Å². The number of rotatable bonds is 10. The Morgan fingerprint density at radius 2 is 1.86 bits per heavy atom. The van der Waals surface area contributed by atoms with E-state index < -0.39 is 0 Å². The predicted octanol–water partition coefficient (Wildman–Crippen LogP) is 6.01. The summed E-state index contributed by atoms with van der Waals surface area (Å²) in [6.45, 7) is 4.79. The highest BCUT2D eigenvalue weighted by Crippen LogP contribution is 2.45. The molecule has 1 fully saturated rings. The van der Waals surface area contributed by atoms with Gasteiger partial charge in [0, 0.05) is 35.3 Å². The van der Waals surface area contributed by atoms with Gasteiger partial charge in [0.2, 0.25) is 5.91 Å². The van der Waals surface area contributed by atoms with E-state index in [-0.39, 0.29) is 23.1 Å². The number of hydrogen-bond acceptors (Lipinski definition) is 2. The van der Waals surface area contributed by atoms with Gasteiger partial charge >= 0.3 is 0 Å². The average Bonchev–Trinajstić information content (AvgIpc) is 2.64. The van der Waals surface area contributed by atoms with Gasteiger partial charge in [-0.1, -0.05) is 64.0 Å². The molecule has 0 aromatic carbocycles. The maximum Gasteiger partial charge on any atom is 0.270 e. The van der Waals surface area contributed by atoms with E-state index in [1.807, 2.05) is 32.8 Å². The Bertz CT molecular complexity index is 510. The van der Waals surface area contributed by atoms with Gasteiger partial charge in [-0.25, -0.2) is 0 Å². The number of carbonyl (C=O) groups is 1. The Kier molecular flexibility index (Phi) is 13.1. The highest BCUT2D eigenvalue weighted by Gasteiger charge is 2.35. The molecule has 1 atom stereocenters. The predicted molar refractivity (Wildman–Crippen MR) is 137 cm³/mol. The van der Waals surface area contributed by atoms with E-state index in [0.717, 1.165) is 25.7 Å². The molecule has 1 saturated carbocycles. The molecule has 1 unspecified atom stereocenters. The Labute approximate surface area is 200 Å². The minimum absolute atomic E-state index is 0.0222. The summed E-state index contributed by atoms with van der Waals surface area (Å²) in [4.78, 5) is 12.9. The molecule has 0 bridgehead atoms. The molecular weight excluding hydrogens is 577 g/mol. The number of allylic oxidation sites excluding steroid dienone is 2. The molecule has 0 saturated heterocycles. The first-order valence-corrected chi connectivity index (χ1v) is 12.5. The molecule has 3 N–H and O–H groups in total. The van der Waals surface area contributed by atoms with Crippen LogP contribution in [-0.2, 0) is 4.79 Å². The summed E-state index contributed by atoms with van der Waals surface area (Å²) in [5, 5.41) is 7.56. The summed E-state index contributed by atoms with van der Waals surface area (Å²) in [7, 11) is 2.25. The minimum Gasteiger partial charge on any atom is -0.369 e. The summed E-state index contributed by atoms with van der Waals surface area (Å²) in [5.74, 6) is 0.234. The van der Waals surface area contributed by atoms with Gasteiger partial charge in [0.25, 0.3) is 7.41 Å². The summed E-state index contributed by atoms with van der Waals surface area (Å²) < 4.78 is 3.54. The summed E-state index contributed by atoms with van der Waals surface area (Å²) >= 11 is 4.24. The number of halogens is 2. The SMILES string of the molecule is C/C=C/CCC1([B]N(I)C(=O)C(C)CCCN(I)C(=N)N)CCCCCCC1. The number of amides is 1. The van der Waals surface area contributed by atoms with Gasteiger partial charge in [-0.3, -0.25) is 13.3 Å². The third-order valence-corrected chi connectivity index (χ3v) is 7.42. The Morgan fingerprint density at radius 3 is 2.43 bits per heavy atom. The lowest BCUT2D eigenvalue weighted by Crippen LogP contribution is -2.38. The monoisotopic (exact) mass is 613 g/mol. The van der Waals surface area contributed by atoms with Crippen molar-refractivity contribution in [2.24, 2.45) is 11.7 Å². The molecule has 1 amide bonds. The van der Waals surface area contributed by atoms with Gasteiger partial charge in [0.05, 0.1) is 22.9 Å². The molecule has 0 heterocycles. The van der Waals surface area contributed by atoms with Gasteiger partial charge in [0.1, 0.15) is 0 Å². The molecule has 28 heavy (non-hydrogen) atoms. The second-order valence-electron chi connectivity index (χ2n) is 8.03. The molecule has 1 rings (SSSR count). The average molecular weight is 613 g/mol. The lowest BCUT2D eigenvalue weighted by Gasteiger charge is -2.37. The lowest BCUT2D eigenvalue weighted by molar-refractivity contribution is -0.126. The van der Waals surface area contributed by atoms with Crippen molar-refractivity contribution in [3.05, 3.63) is 12.2 Å². The second kappa shape index (κ2) is 14.1. The van der Waals surface area contributed by atoms with Crippen molar-refractivity contribution in [3.8, 4) is 0 Å². The molecule has 5 nitrogen and oxygen atoms in total. The Balaban J connectivity index is 2.64. The first-order valence-electron chi connectivity index (χ1n) is 10.5. The number of hydrogen-bond donors (Lipinski definition) is 2. The van der Waals surface area contributed by atoms with Gasteiger partial charge in [0.15, 0.2) is 5.96 Å². The fourth-order valence-corrected chi connectivity index (χ4v) is 5.29. The van der Waals surface area contributed by atoms with Crippen LogP contribution >= 0.6 is 45.7 Å². The smallest absolute Gasteiger partial charge is 0.270 e. The molecule has 8 heteroatoms. The maximum absolute atomic E-state index is 12.9. The fraction of sp³-hybridized carbons (Fsp3) is 0.800. The van der Waals surface area contributed by atoms with Crippen molar-refractivity contribution in [1.82, 2.24) is 6.14 Å². The van der Waals surface area contributed by atoms with Crippen LogP contribution in [0.5, 0.6) is 0 Å². The van der Waals surface area contributed by atoms with Crippen LogP contribution in [0.2, 0.25) is 5.31 Å². The normalized spacial score (nSPS) is 18.1. The molecule has 0 aromatic heterocycles. The van der Waals surface area contributed by atoms with E-state index in [9.17, 15) is 4.79 Å². The van der Waals surface area contributed by atoms with Crippen molar-refractivity contribution in [3.63, 3.8) is 0 Å². The standard InChI is InChI=1S/C20H36BI2N4O/c1-3-4-8-13-20(14-9-6-5-7-10-15-20)21-27(23)18(28)17(2)12-11-16-26(22)19(24)25/h3-4,17H,5-16H2,1-2H3,(H3,24,25)/b4-3+. The number of guanidine groups is 1. The van der Waals surface area contributed by atoms with Crippen LogP contribution in [0.1, 0.15) is 84.5 Å². The molecule has 0 spiro atoms. The maximum atomic E-state index is 12.9. The molecule has 0 aliphatic heterocycles. The summed E-state index contributed by atoms with van der Waals surface area (Å²) in [5.41, 5.74) is 5.47. The van der Waals surface area contributed by atoms with E-state index in [1.54, 1.807) is 3.11 Å². The number of carbonyl (C=O) groups excluding carboxylic acids is 1. The third kappa shape index (κ3) is 9.67. The zero-order chi connectivity index (χ0) is 21.0. The number of nitrogens with two attached hydrogens (primary N) is 1. The Morgan fingerprint density at radius 1 is 1.25 bits per heavy atom. The molecule has 1 aliphatic carbocycles. The number of nitrogens with one attached hydrogen (secondary N) is 1. The van der Waals surface area contributed by atoms with E-state index in [0.29, 0.717) is 6.54 Å². The molecule has 159 valence electrons. The fourth-order valence-electron chi connectivity index (χ4n) is 3.89. The van der Waals surface area contributed by atoms with Crippen molar-refractivity contribution < 1.29 is 4.79 Å². The van der Waals surface area contributed by atoms with Crippen LogP contribution in [-0.4, -0.2) is 32.0 Å². The largest absolute Gasteiger partial charge is 0.369 e. The van der Waals surface area contributed by atoms with E-state index in [1.165, 1.54) is 44.9 Å². The number of nitrogens with zero attached hydrogens (tertiary/aromatic N) is 2. The van der Waals surface area contributed by atoms with E-state index >= 15 is 0 Å². The van der Waals surface area contributed by atoms with Gasteiger partial charge < -0.3 is 8.76 Å². The first-order chi connectivity index (χ1) is 13.3.